The number of imide groups is 1. The van der Waals surface area contributed by atoms with Gasteiger partial charge in [0.2, 0.25) is 11.8 Å². The maximum absolute atomic E-state index is 12.2. The molecule has 5 aromatic heterocycles. The SMILES string of the molecule is CC(=O)CC1CCCO1.CC(=O)CCC(=O)NCC(F)(F)F.CC(=O)CCC(F)(F)F.CC(=O)CCc1ccccn1.CC(=O)CCc1cscn1.CC(=O)CN(C)c1ccccc1.CC(=O)Cc1ncccn1.CO/N=C/CC(C)=O.COC(=O)CC(C)=O.COC(=O)N(Cc1ccccn1)C(=O)C(C)(C)C.Cn1cncn1. The van der Waals surface area contributed by atoms with Crippen LogP contribution in [0.5, 0.6) is 0 Å². The fourth-order valence-corrected chi connectivity index (χ4v) is 8.05. The molecule has 0 aliphatic carbocycles. The number of amides is 3. The number of methoxy groups -OCH3 is 2. The molecule has 3 amide bonds. The lowest BCUT2D eigenvalue weighted by Gasteiger charge is -2.26. The largest absolute Gasteiger partial charge is 0.469 e. The number of aromatic nitrogens is 8. The second kappa shape index (κ2) is 65.6. The summed E-state index contributed by atoms with van der Waals surface area (Å²) in [5, 5.41) is 10.7. The van der Waals surface area contributed by atoms with Gasteiger partial charge in [-0.15, -0.1) is 11.3 Å². The molecule has 0 radical (unpaired) electrons. The Morgan fingerprint density at radius 1 is 0.614 bits per heavy atom. The van der Waals surface area contributed by atoms with E-state index in [0.29, 0.717) is 50.2 Å². The number of pyridine rings is 2. The molecule has 0 bridgehead atoms. The highest BCUT2D eigenvalue weighted by Gasteiger charge is 2.33. The number of ketones is 9. The van der Waals surface area contributed by atoms with Crippen LogP contribution < -0.4 is 10.2 Å². The predicted molar refractivity (Wildman–Crippen MR) is 416 cm³/mol. The van der Waals surface area contributed by atoms with Crippen LogP contribution in [0.4, 0.5) is 36.8 Å². The van der Waals surface area contributed by atoms with Crippen molar-refractivity contribution in [2.24, 2.45) is 17.6 Å². The number of nitrogens with one attached hydrogen (secondary N) is 1. The topological polar surface area (TPSA) is 385 Å². The summed E-state index contributed by atoms with van der Waals surface area (Å²) >= 11 is 1.57. The lowest BCUT2D eigenvalue weighted by molar-refractivity contribution is -0.143. The summed E-state index contributed by atoms with van der Waals surface area (Å²) in [6, 6.07) is 22.7. The third-order valence-corrected chi connectivity index (χ3v) is 13.5. The highest BCUT2D eigenvalue weighted by molar-refractivity contribution is 7.07. The molecule has 1 N–H and O–H groups in total. The molecule has 632 valence electrons. The zero-order valence-electron chi connectivity index (χ0n) is 68.0. The first-order valence-corrected chi connectivity index (χ1v) is 36.2. The van der Waals surface area contributed by atoms with Gasteiger partial charge >= 0.3 is 24.4 Å². The smallest absolute Gasteiger partial charge is 0.416 e. The van der Waals surface area contributed by atoms with Crippen LogP contribution in [-0.4, -0.2) is 193 Å². The highest BCUT2D eigenvalue weighted by Crippen LogP contribution is 2.22. The summed E-state index contributed by atoms with van der Waals surface area (Å²) in [6.45, 7) is 18.6. The zero-order valence-corrected chi connectivity index (χ0v) is 68.8. The Hall–Kier alpha value is -10.9. The molecule has 29 nitrogen and oxygen atoms in total. The third-order valence-electron chi connectivity index (χ3n) is 12.9. The second-order valence-corrected chi connectivity index (χ2v) is 26.1. The number of likely N-dealkylation sites (N-methyl/N-ethyl adjacent to an activating group) is 1. The Labute approximate surface area is 666 Å². The van der Waals surface area contributed by atoms with Crippen molar-refractivity contribution in [3.8, 4) is 0 Å². The van der Waals surface area contributed by atoms with E-state index >= 15 is 0 Å². The third kappa shape index (κ3) is 75.1. The average molecular weight is 1630 g/mol. The van der Waals surface area contributed by atoms with Crippen LogP contribution >= 0.6 is 11.3 Å². The van der Waals surface area contributed by atoms with Crippen LogP contribution in [0, 0.1) is 5.41 Å². The summed E-state index contributed by atoms with van der Waals surface area (Å²) in [6.07, 6.45) is 6.71. The molecule has 1 unspecified atom stereocenters. The standard InChI is InChI=1S/C13H18N2O3.C10H13NO.C9H11NO.C7H10F3NO2.C7H8N2O.C7H9NOS.C7H12O2.C5H7F3O.C5H9NO2.C5H8O3.C3H5N3/c1-13(2,3)11(16)15(12(17)18-4)9-10-7-5-6-8-14-10;1-9(12)8-11(2)10-6-4-3-5-7-10;1-8(11)5-6-9-4-2-3-7-10-9;1-5(12)2-3-6(13)11-4-7(8,9)10;1-6(10)5-7-8-3-2-4-9-7;1-6(9)2-3-7-4-10-5-8-7;1-6(8)5-7-3-2-4-9-7;1-4(9)2-3-5(6,7)8;1-5(7)3-4-6-8-2;1-4(6)3-5(7)8-2;1-6-3-4-2-5-6/h5-8H,9H2,1-4H3;3-7H,8H2,1-2H3;2-4,7H,5-6H2,1H3;2-4H2,1H3,(H,11,13);2-4H,5H2,1H3;4-5H,2-3H2,1H3;7H,2-5H2,1H3;2-3H2,1H3;4H,3H2,1-2H3;3H2,1-2H3;2-3H,1H3/b;;;;;;;;6-4+;;. The Bertz CT molecular complexity index is 3700. The number of hydrogen-bond acceptors (Lipinski definition) is 27. The summed E-state index contributed by atoms with van der Waals surface area (Å²) < 4.78 is 84.1. The Morgan fingerprint density at radius 3 is 1.53 bits per heavy atom. The van der Waals surface area contributed by atoms with E-state index in [1.54, 1.807) is 131 Å². The number of anilines is 1. The monoisotopic (exact) mass is 1630 g/mol. The number of esters is 1. The van der Waals surface area contributed by atoms with Crippen LogP contribution in [-0.2, 0) is 109 Å². The molecule has 6 aromatic rings. The lowest BCUT2D eigenvalue weighted by Crippen LogP contribution is -2.43. The van der Waals surface area contributed by atoms with Crippen LogP contribution in [0.2, 0.25) is 0 Å². The van der Waals surface area contributed by atoms with Gasteiger partial charge in [0.1, 0.15) is 90.6 Å². The molecule has 1 aliphatic heterocycles. The highest BCUT2D eigenvalue weighted by atomic mass is 32.1. The molecule has 1 atom stereocenters. The van der Waals surface area contributed by atoms with Crippen LogP contribution in [0.25, 0.3) is 0 Å². The van der Waals surface area contributed by atoms with E-state index in [-0.39, 0.29) is 84.1 Å². The first kappa shape index (κ1) is 109. The number of halogens is 6. The van der Waals surface area contributed by atoms with Gasteiger partial charge in [0.15, 0.2) is 0 Å². The number of rotatable bonds is 26. The summed E-state index contributed by atoms with van der Waals surface area (Å²) in [5.74, 6) is -0.699. The number of thiazole rings is 1. The summed E-state index contributed by atoms with van der Waals surface area (Å²) in [7, 11) is 7.69. The van der Waals surface area contributed by atoms with Crippen molar-refractivity contribution in [3.05, 3.63) is 144 Å². The van der Waals surface area contributed by atoms with Crippen LogP contribution in [0.3, 0.4) is 0 Å². The molecule has 7 rings (SSSR count). The number of benzene rings is 1. The maximum atomic E-state index is 12.2. The fourth-order valence-electron chi connectivity index (χ4n) is 7.46. The number of carbonyl (C=O) groups excluding carboxylic acids is 13. The minimum atomic E-state index is -4.40. The van der Waals surface area contributed by atoms with Crippen molar-refractivity contribution >= 4 is 99.2 Å². The zero-order chi connectivity index (χ0) is 87.7. The fraction of sp³-hybridized carbons (Fsp3) is 0.500. The van der Waals surface area contributed by atoms with Gasteiger partial charge in [0.05, 0.1) is 69.4 Å². The molecule has 0 saturated carbocycles. The van der Waals surface area contributed by atoms with Gasteiger partial charge in [-0.3, -0.25) is 53.0 Å². The number of ether oxygens (including phenoxy) is 3. The van der Waals surface area contributed by atoms with E-state index in [1.165, 1.54) is 61.6 Å². The van der Waals surface area contributed by atoms with Crippen molar-refractivity contribution in [2.75, 3.05) is 53.0 Å². The number of hydrogen-bond donors (Lipinski definition) is 1. The minimum Gasteiger partial charge on any atom is -0.469 e. The Morgan fingerprint density at radius 2 is 1.16 bits per heavy atom. The number of aryl methyl sites for hydroxylation is 3. The second-order valence-electron chi connectivity index (χ2n) is 25.4. The molecule has 114 heavy (non-hydrogen) atoms. The molecule has 1 saturated heterocycles. The molecule has 1 fully saturated rings. The number of para-hydroxylation sites is 1. The predicted octanol–water partition coefficient (Wildman–Crippen LogP) is 12.5. The number of nitrogens with zero attached hydrogens (tertiary/aromatic N) is 11. The maximum Gasteiger partial charge on any atom is 0.416 e. The average Bonchev–Trinajstić information content (AvgIpc) is 1.28. The molecule has 1 aromatic carbocycles. The first-order chi connectivity index (χ1) is 53.3. The summed E-state index contributed by atoms with van der Waals surface area (Å²) in [5.41, 5.74) is 4.87. The molecular formula is C78H110F6N12O17S. The number of alkyl halides is 6. The Balaban J connectivity index is -0.000000590. The van der Waals surface area contributed by atoms with Gasteiger partial charge in [0, 0.05) is 113 Å². The normalized spacial score (nSPS) is 11.3. The van der Waals surface area contributed by atoms with E-state index in [0.717, 1.165) is 61.2 Å². The van der Waals surface area contributed by atoms with Crippen molar-refractivity contribution in [1.82, 2.24) is 49.9 Å². The van der Waals surface area contributed by atoms with E-state index in [9.17, 15) is 88.7 Å². The van der Waals surface area contributed by atoms with Crippen molar-refractivity contribution in [2.45, 2.75) is 198 Å². The van der Waals surface area contributed by atoms with E-state index in [1.807, 2.05) is 72.9 Å². The van der Waals surface area contributed by atoms with E-state index in [2.05, 4.69) is 54.5 Å². The molecular weight excluding hydrogens is 1520 g/mol. The number of oxime groups is 1. The van der Waals surface area contributed by atoms with Crippen LogP contribution in [0.15, 0.2) is 126 Å². The first-order valence-electron chi connectivity index (χ1n) is 35.2. The van der Waals surface area contributed by atoms with Crippen molar-refractivity contribution in [3.63, 3.8) is 0 Å². The lowest BCUT2D eigenvalue weighted by atomic mass is 9.95. The number of carbonyl (C=O) groups is 13. The van der Waals surface area contributed by atoms with Gasteiger partial charge in [-0.1, -0.05) is 56.3 Å². The molecule has 6 heterocycles. The van der Waals surface area contributed by atoms with Gasteiger partial charge in [0.25, 0.3) is 0 Å². The van der Waals surface area contributed by atoms with E-state index in [4.69, 9.17) is 4.74 Å². The molecule has 1 aliphatic rings. The van der Waals surface area contributed by atoms with Crippen molar-refractivity contribution < 1.29 is 108 Å². The molecule has 36 heteroatoms. The molecule has 0 spiro atoms. The number of Topliss-reactive ketones (excluding diaryl/α,β-unsaturated/α-hetero) is 9. The van der Waals surface area contributed by atoms with Gasteiger partial charge in [-0.05, 0) is 130 Å². The quantitative estimate of drug-likeness (QED) is 0.0173. The Kier molecular flexibility index (Phi) is 63.0. The summed E-state index contributed by atoms with van der Waals surface area (Å²) in [4.78, 5) is 169. The van der Waals surface area contributed by atoms with Crippen LogP contribution in [0.1, 0.15) is 177 Å². The van der Waals surface area contributed by atoms with Gasteiger partial charge in [-0.25, -0.2) is 29.6 Å². The van der Waals surface area contributed by atoms with E-state index < -0.39 is 60.9 Å². The van der Waals surface area contributed by atoms with Gasteiger partial charge in [-0.2, -0.15) is 31.4 Å². The minimum absolute atomic E-state index is 0.0241. The van der Waals surface area contributed by atoms with Gasteiger partial charge < -0.3 is 48.4 Å². The van der Waals surface area contributed by atoms with Crippen molar-refractivity contribution in [1.29, 1.82) is 0 Å².